The van der Waals surface area contributed by atoms with Crippen LogP contribution in [0.15, 0.2) is 24.3 Å². The molecule has 4 nitrogen and oxygen atoms in total. The Bertz CT molecular complexity index is 554. The first-order chi connectivity index (χ1) is 11.2. The van der Waals surface area contributed by atoms with Crippen LogP contribution < -0.4 is 10.6 Å². The molecule has 1 aliphatic heterocycles. The van der Waals surface area contributed by atoms with Crippen molar-refractivity contribution in [3.8, 4) is 0 Å². The van der Waals surface area contributed by atoms with Gasteiger partial charge in [-0.25, -0.2) is 0 Å². The maximum absolute atomic E-state index is 12.4. The minimum absolute atomic E-state index is 0.0675. The summed E-state index contributed by atoms with van der Waals surface area (Å²) in [5.41, 5.74) is 1.78. The Hall–Kier alpha value is -1.60. The van der Waals surface area contributed by atoms with E-state index >= 15 is 0 Å². The number of hydrogen-bond donors (Lipinski definition) is 2. The number of anilines is 1. The molecule has 1 atom stereocenters. The second-order valence-electron chi connectivity index (χ2n) is 6.36. The van der Waals surface area contributed by atoms with Gasteiger partial charge in [0.15, 0.2) is 0 Å². The average Bonchev–Trinajstić information content (AvgIpc) is 2.47. The normalized spacial score (nSPS) is 18.4. The molecule has 1 saturated heterocycles. The lowest BCUT2D eigenvalue weighted by atomic mass is 10.0. The molecule has 0 bridgehead atoms. The van der Waals surface area contributed by atoms with Crippen molar-refractivity contribution in [3.05, 3.63) is 29.8 Å². The molecule has 1 fully saturated rings. The Kier molecular flexibility index (Phi) is 6.23. The maximum atomic E-state index is 12.4. The van der Waals surface area contributed by atoms with Crippen molar-refractivity contribution < 1.29 is 18.0 Å². The molecule has 2 N–H and O–H groups in total. The van der Waals surface area contributed by atoms with Crippen molar-refractivity contribution in [3.63, 3.8) is 0 Å². The van der Waals surface area contributed by atoms with Crippen LogP contribution in [0.3, 0.4) is 0 Å². The van der Waals surface area contributed by atoms with E-state index in [-0.39, 0.29) is 18.0 Å². The highest BCUT2D eigenvalue weighted by Crippen LogP contribution is 2.22. The highest BCUT2D eigenvalue weighted by Gasteiger charge is 2.32. The van der Waals surface area contributed by atoms with Gasteiger partial charge in [-0.1, -0.05) is 12.1 Å². The molecule has 1 aliphatic rings. The molecule has 134 valence electrons. The summed E-state index contributed by atoms with van der Waals surface area (Å²) in [6.07, 6.45) is -2.73. The predicted octanol–water partition coefficient (Wildman–Crippen LogP) is 3.32. The first-order valence-corrected chi connectivity index (χ1v) is 8.15. The predicted molar refractivity (Wildman–Crippen MR) is 87.8 cm³/mol. The van der Waals surface area contributed by atoms with Gasteiger partial charge in [0.1, 0.15) is 0 Å². The molecule has 0 saturated carbocycles. The third kappa shape index (κ3) is 6.13. The van der Waals surface area contributed by atoms with Gasteiger partial charge >= 0.3 is 6.18 Å². The largest absolute Gasteiger partial charge is 0.401 e. The Balaban J connectivity index is 1.85. The molecule has 24 heavy (non-hydrogen) atoms. The lowest BCUT2D eigenvalue weighted by Gasteiger charge is -2.34. The van der Waals surface area contributed by atoms with Gasteiger partial charge in [0, 0.05) is 24.7 Å². The van der Waals surface area contributed by atoms with Gasteiger partial charge in [-0.3, -0.25) is 9.69 Å². The number of halogens is 3. The first-order valence-electron chi connectivity index (χ1n) is 8.15. The summed E-state index contributed by atoms with van der Waals surface area (Å²) in [6, 6.07) is 7.86. The number of rotatable bonds is 5. The summed E-state index contributed by atoms with van der Waals surface area (Å²) in [7, 11) is 0. The topological polar surface area (TPSA) is 44.4 Å². The second kappa shape index (κ2) is 7.98. The Labute approximate surface area is 140 Å². The van der Waals surface area contributed by atoms with Crippen LogP contribution in [0.4, 0.5) is 18.9 Å². The SMILES string of the molecule is CC(=O)Nc1cccc(C(C)NC2CCN(CC(F)(F)F)CC2)c1. The third-order valence-electron chi connectivity index (χ3n) is 4.18. The van der Waals surface area contributed by atoms with E-state index in [2.05, 4.69) is 10.6 Å². The van der Waals surface area contributed by atoms with Crippen molar-refractivity contribution in [2.24, 2.45) is 0 Å². The number of nitrogens with one attached hydrogen (secondary N) is 2. The molecular weight excluding hydrogens is 319 g/mol. The zero-order valence-electron chi connectivity index (χ0n) is 14.0. The van der Waals surface area contributed by atoms with Crippen LogP contribution in [-0.4, -0.2) is 42.7 Å². The molecule has 2 rings (SSSR count). The minimum atomic E-state index is -4.13. The van der Waals surface area contributed by atoms with E-state index in [1.165, 1.54) is 11.8 Å². The maximum Gasteiger partial charge on any atom is 0.401 e. The highest BCUT2D eigenvalue weighted by atomic mass is 19.4. The average molecular weight is 343 g/mol. The number of hydrogen-bond acceptors (Lipinski definition) is 3. The van der Waals surface area contributed by atoms with E-state index in [9.17, 15) is 18.0 Å². The lowest BCUT2D eigenvalue weighted by Crippen LogP contribution is -2.46. The molecule has 1 heterocycles. The summed E-state index contributed by atoms with van der Waals surface area (Å²) < 4.78 is 37.2. The zero-order valence-corrected chi connectivity index (χ0v) is 14.0. The lowest BCUT2D eigenvalue weighted by molar-refractivity contribution is -0.148. The van der Waals surface area contributed by atoms with E-state index in [0.717, 1.165) is 11.3 Å². The second-order valence-corrected chi connectivity index (χ2v) is 6.36. The fraction of sp³-hybridized carbons (Fsp3) is 0.588. The summed E-state index contributed by atoms with van der Waals surface area (Å²) in [5, 5.41) is 6.23. The van der Waals surface area contributed by atoms with Gasteiger partial charge in [-0.2, -0.15) is 13.2 Å². The van der Waals surface area contributed by atoms with E-state index < -0.39 is 12.7 Å². The smallest absolute Gasteiger partial charge is 0.326 e. The van der Waals surface area contributed by atoms with Crippen molar-refractivity contribution in [2.45, 2.75) is 44.9 Å². The number of carbonyl (C=O) groups excluding carboxylic acids is 1. The third-order valence-corrected chi connectivity index (χ3v) is 4.18. The number of likely N-dealkylation sites (tertiary alicyclic amines) is 1. The molecule has 1 aromatic carbocycles. The fourth-order valence-electron chi connectivity index (χ4n) is 3.05. The van der Waals surface area contributed by atoms with Crippen LogP contribution in [-0.2, 0) is 4.79 Å². The van der Waals surface area contributed by atoms with Crippen LogP contribution in [0.25, 0.3) is 0 Å². The van der Waals surface area contributed by atoms with E-state index in [1.54, 1.807) is 0 Å². The van der Waals surface area contributed by atoms with Gasteiger partial charge in [0.25, 0.3) is 0 Å². The van der Waals surface area contributed by atoms with Gasteiger partial charge in [0.05, 0.1) is 6.54 Å². The van der Waals surface area contributed by atoms with Crippen LogP contribution >= 0.6 is 0 Å². The van der Waals surface area contributed by atoms with Crippen LogP contribution in [0.2, 0.25) is 0 Å². The number of carbonyl (C=O) groups is 1. The number of amides is 1. The summed E-state index contributed by atoms with van der Waals surface area (Å²) in [4.78, 5) is 12.6. The Morgan fingerprint density at radius 2 is 2.00 bits per heavy atom. The minimum Gasteiger partial charge on any atom is -0.326 e. The molecule has 1 amide bonds. The molecule has 7 heteroatoms. The Morgan fingerprint density at radius 1 is 1.33 bits per heavy atom. The van der Waals surface area contributed by atoms with Crippen molar-refractivity contribution in [1.82, 2.24) is 10.2 Å². The number of piperidine rings is 1. The van der Waals surface area contributed by atoms with Gasteiger partial charge in [-0.15, -0.1) is 0 Å². The van der Waals surface area contributed by atoms with Crippen molar-refractivity contribution >= 4 is 11.6 Å². The van der Waals surface area contributed by atoms with Crippen LogP contribution in [0.5, 0.6) is 0 Å². The van der Waals surface area contributed by atoms with E-state index in [4.69, 9.17) is 0 Å². The van der Waals surface area contributed by atoms with Crippen molar-refractivity contribution in [2.75, 3.05) is 25.0 Å². The quantitative estimate of drug-likeness (QED) is 0.862. The van der Waals surface area contributed by atoms with Crippen molar-refractivity contribution in [1.29, 1.82) is 0 Å². The van der Waals surface area contributed by atoms with E-state index in [1.807, 2.05) is 31.2 Å². The fourth-order valence-corrected chi connectivity index (χ4v) is 3.05. The van der Waals surface area contributed by atoms with Gasteiger partial charge < -0.3 is 10.6 Å². The van der Waals surface area contributed by atoms with Crippen LogP contribution in [0, 0.1) is 0 Å². The summed E-state index contributed by atoms with van der Waals surface area (Å²) >= 11 is 0. The van der Waals surface area contributed by atoms with Crippen LogP contribution in [0.1, 0.15) is 38.3 Å². The number of alkyl halides is 3. The standard InChI is InChI=1S/C17H24F3N3O/c1-12(14-4-3-5-16(10-14)22-13(2)24)21-15-6-8-23(9-7-15)11-17(18,19)20/h3-5,10,12,15,21H,6-9,11H2,1-2H3,(H,22,24). The number of benzene rings is 1. The molecule has 0 aliphatic carbocycles. The number of nitrogens with zero attached hydrogens (tertiary/aromatic N) is 1. The molecule has 0 aromatic heterocycles. The molecule has 1 unspecified atom stereocenters. The summed E-state index contributed by atoms with van der Waals surface area (Å²) in [6.45, 7) is 3.57. The molecule has 1 aromatic rings. The molecule has 0 spiro atoms. The van der Waals surface area contributed by atoms with E-state index in [0.29, 0.717) is 25.9 Å². The zero-order chi connectivity index (χ0) is 17.7. The summed E-state index contributed by atoms with van der Waals surface area (Å²) in [5.74, 6) is -0.121. The molecule has 0 radical (unpaired) electrons. The van der Waals surface area contributed by atoms with Gasteiger partial charge in [-0.05, 0) is 50.6 Å². The highest BCUT2D eigenvalue weighted by molar-refractivity contribution is 5.88. The Morgan fingerprint density at radius 3 is 2.58 bits per heavy atom. The molecular formula is C17H24F3N3O. The first kappa shape index (κ1) is 18.7. The monoisotopic (exact) mass is 343 g/mol. The van der Waals surface area contributed by atoms with Gasteiger partial charge in [0.2, 0.25) is 5.91 Å².